The van der Waals surface area contributed by atoms with Crippen LogP contribution in [0.4, 0.5) is 5.82 Å². The largest absolute Gasteiger partial charge is 0.439 e. The molecule has 0 spiro atoms. The second-order valence-electron chi connectivity index (χ2n) is 2.49. The van der Waals surface area contributed by atoms with Crippen molar-refractivity contribution >= 4 is 5.82 Å². The summed E-state index contributed by atoms with van der Waals surface area (Å²) in [5, 5.41) is 0. The summed E-state index contributed by atoms with van der Waals surface area (Å²) in [5.41, 5.74) is 0. The van der Waals surface area contributed by atoms with Gasteiger partial charge in [-0.2, -0.15) is 4.98 Å². The molecule has 0 saturated carbocycles. The number of oxazole rings is 1. The first kappa shape index (κ1) is 5.77. The molecule has 1 saturated heterocycles. The summed E-state index contributed by atoms with van der Waals surface area (Å²) in [6, 6.07) is 0. The molecule has 0 bridgehead atoms. The Morgan fingerprint density at radius 1 is 1.50 bits per heavy atom. The van der Waals surface area contributed by atoms with Crippen molar-refractivity contribution in [3.05, 3.63) is 12.7 Å². The van der Waals surface area contributed by atoms with Gasteiger partial charge in [-0.3, -0.25) is 0 Å². The molecule has 1 radical (unpaired) electrons. The lowest BCUT2D eigenvalue weighted by molar-refractivity contribution is 0.547. The third-order valence-electron chi connectivity index (χ3n) is 1.81. The minimum absolute atomic E-state index is 0.928. The summed E-state index contributed by atoms with van der Waals surface area (Å²) in [4.78, 5) is 6.14. The highest BCUT2D eigenvalue weighted by atomic mass is 16.3. The van der Waals surface area contributed by atoms with E-state index < -0.39 is 0 Å². The highest BCUT2D eigenvalue weighted by Gasteiger charge is 2.13. The van der Waals surface area contributed by atoms with Crippen LogP contribution in [0.5, 0.6) is 0 Å². The van der Waals surface area contributed by atoms with Crippen molar-refractivity contribution in [1.29, 1.82) is 0 Å². The highest BCUT2D eigenvalue weighted by Crippen LogP contribution is 2.16. The first-order valence-electron chi connectivity index (χ1n) is 3.53. The summed E-state index contributed by atoms with van der Waals surface area (Å²) >= 11 is 0. The van der Waals surface area contributed by atoms with Gasteiger partial charge in [-0.15, -0.1) is 0 Å². The minimum Gasteiger partial charge on any atom is -0.439 e. The first-order valence-corrected chi connectivity index (χ1v) is 3.53. The molecule has 3 heteroatoms. The predicted octanol–water partition coefficient (Wildman–Crippen LogP) is 1.07. The van der Waals surface area contributed by atoms with Crippen LogP contribution in [0.2, 0.25) is 0 Å². The predicted molar refractivity (Wildman–Crippen MR) is 36.8 cm³/mol. The molecule has 0 aromatic carbocycles. The number of nitrogens with zero attached hydrogens (tertiary/aromatic N) is 2. The van der Waals surface area contributed by atoms with Crippen molar-refractivity contribution < 1.29 is 4.42 Å². The quantitative estimate of drug-likeness (QED) is 0.580. The minimum atomic E-state index is 0.928. The topological polar surface area (TPSA) is 29.3 Å². The van der Waals surface area contributed by atoms with E-state index in [-0.39, 0.29) is 0 Å². The molecule has 1 fully saturated rings. The molecule has 1 aromatic heterocycles. The van der Waals surface area contributed by atoms with E-state index in [1.165, 1.54) is 12.8 Å². The van der Waals surface area contributed by atoms with Crippen molar-refractivity contribution in [2.75, 3.05) is 18.0 Å². The smallest absolute Gasteiger partial charge is 0.285 e. The summed E-state index contributed by atoms with van der Waals surface area (Å²) in [5.74, 6) is 0.928. The molecular formula is C7H9N2O. The molecule has 0 amide bonds. The van der Waals surface area contributed by atoms with E-state index in [1.807, 2.05) is 0 Å². The Morgan fingerprint density at radius 2 is 2.30 bits per heavy atom. The third kappa shape index (κ3) is 0.875. The fourth-order valence-electron chi connectivity index (χ4n) is 1.27. The SMILES string of the molecule is [c]1nc(N2CCCC2)co1. The van der Waals surface area contributed by atoms with E-state index in [0.29, 0.717) is 0 Å². The second kappa shape index (κ2) is 2.33. The van der Waals surface area contributed by atoms with Crippen LogP contribution in [-0.2, 0) is 0 Å². The van der Waals surface area contributed by atoms with Gasteiger partial charge in [-0.05, 0) is 12.8 Å². The Morgan fingerprint density at radius 3 is 2.90 bits per heavy atom. The molecule has 10 heavy (non-hydrogen) atoms. The number of hydrogen-bond acceptors (Lipinski definition) is 3. The van der Waals surface area contributed by atoms with Gasteiger partial charge in [0.1, 0.15) is 6.26 Å². The summed E-state index contributed by atoms with van der Waals surface area (Å²) in [6.45, 7) is 2.22. The number of anilines is 1. The Labute approximate surface area is 59.7 Å². The van der Waals surface area contributed by atoms with Gasteiger partial charge >= 0.3 is 0 Å². The average Bonchev–Trinajstić information content (AvgIpc) is 2.59. The van der Waals surface area contributed by atoms with Crippen LogP contribution in [0.1, 0.15) is 12.8 Å². The molecule has 0 aliphatic carbocycles. The molecule has 2 heterocycles. The lowest BCUT2D eigenvalue weighted by Crippen LogP contribution is -2.17. The fourth-order valence-corrected chi connectivity index (χ4v) is 1.27. The maximum atomic E-state index is 4.75. The molecule has 1 aliphatic heterocycles. The van der Waals surface area contributed by atoms with Crippen molar-refractivity contribution in [3.8, 4) is 0 Å². The van der Waals surface area contributed by atoms with Crippen molar-refractivity contribution in [1.82, 2.24) is 4.98 Å². The average molecular weight is 137 g/mol. The molecule has 0 N–H and O–H groups in total. The van der Waals surface area contributed by atoms with Crippen LogP contribution in [0, 0.1) is 6.39 Å². The Bertz CT molecular complexity index is 189. The maximum absolute atomic E-state index is 4.75. The zero-order valence-electron chi connectivity index (χ0n) is 5.71. The molecule has 53 valence electrons. The second-order valence-corrected chi connectivity index (χ2v) is 2.49. The van der Waals surface area contributed by atoms with Crippen LogP contribution in [0.3, 0.4) is 0 Å². The Balaban J connectivity index is 2.12. The Kier molecular flexibility index (Phi) is 1.34. The molecule has 0 unspecified atom stereocenters. The molecule has 2 rings (SSSR count). The summed E-state index contributed by atoms with van der Waals surface area (Å²) in [7, 11) is 0. The van der Waals surface area contributed by atoms with Gasteiger partial charge in [0.05, 0.1) is 0 Å². The zero-order chi connectivity index (χ0) is 6.81. The van der Waals surface area contributed by atoms with Gasteiger partial charge in [0.2, 0.25) is 0 Å². The summed E-state index contributed by atoms with van der Waals surface area (Å²) < 4.78 is 4.75. The zero-order valence-corrected chi connectivity index (χ0v) is 5.71. The molecule has 1 aromatic rings. The van der Waals surface area contributed by atoms with Gasteiger partial charge in [0.25, 0.3) is 6.39 Å². The molecule has 0 atom stereocenters. The van der Waals surface area contributed by atoms with Gasteiger partial charge in [0, 0.05) is 13.1 Å². The van der Waals surface area contributed by atoms with Crippen LogP contribution in [0.15, 0.2) is 10.7 Å². The molecule has 3 nitrogen and oxygen atoms in total. The van der Waals surface area contributed by atoms with Gasteiger partial charge in [0.15, 0.2) is 5.82 Å². The fraction of sp³-hybridized carbons (Fsp3) is 0.571. The Hall–Kier alpha value is -0.990. The van der Waals surface area contributed by atoms with Crippen molar-refractivity contribution in [2.45, 2.75) is 12.8 Å². The molecule has 1 aliphatic rings. The number of aromatic nitrogens is 1. The number of hydrogen-bond donors (Lipinski definition) is 0. The van der Waals surface area contributed by atoms with Gasteiger partial charge in [-0.1, -0.05) is 0 Å². The number of rotatable bonds is 1. The third-order valence-corrected chi connectivity index (χ3v) is 1.81. The van der Waals surface area contributed by atoms with Crippen LogP contribution < -0.4 is 4.90 Å². The van der Waals surface area contributed by atoms with E-state index in [1.54, 1.807) is 6.26 Å². The molecular weight excluding hydrogens is 128 g/mol. The van der Waals surface area contributed by atoms with E-state index >= 15 is 0 Å². The van der Waals surface area contributed by atoms with Crippen LogP contribution in [0.25, 0.3) is 0 Å². The van der Waals surface area contributed by atoms with Gasteiger partial charge < -0.3 is 9.32 Å². The monoisotopic (exact) mass is 137 g/mol. The van der Waals surface area contributed by atoms with Crippen molar-refractivity contribution in [3.63, 3.8) is 0 Å². The van der Waals surface area contributed by atoms with Crippen LogP contribution >= 0.6 is 0 Å². The lowest BCUT2D eigenvalue weighted by Gasteiger charge is -2.11. The summed E-state index contributed by atoms with van der Waals surface area (Å²) in [6.07, 6.45) is 6.63. The highest BCUT2D eigenvalue weighted by molar-refractivity contribution is 5.34. The first-order chi connectivity index (χ1) is 4.97. The van der Waals surface area contributed by atoms with Gasteiger partial charge in [-0.25, -0.2) is 0 Å². The van der Waals surface area contributed by atoms with E-state index in [0.717, 1.165) is 18.9 Å². The lowest BCUT2D eigenvalue weighted by atomic mass is 10.4. The van der Waals surface area contributed by atoms with E-state index in [2.05, 4.69) is 16.3 Å². The maximum Gasteiger partial charge on any atom is 0.285 e. The standard InChI is InChI=1S/C7H9N2O/c1-2-4-9(3-1)7-5-10-6-8-7/h5H,1-4H2. The van der Waals surface area contributed by atoms with Crippen LogP contribution in [-0.4, -0.2) is 18.1 Å². The van der Waals surface area contributed by atoms with Crippen molar-refractivity contribution in [2.24, 2.45) is 0 Å². The van der Waals surface area contributed by atoms with E-state index in [4.69, 9.17) is 4.42 Å². The van der Waals surface area contributed by atoms with E-state index in [9.17, 15) is 0 Å². The normalized spacial score (nSPS) is 18.2.